The predicted molar refractivity (Wildman–Crippen MR) is 200 cm³/mol. The van der Waals surface area contributed by atoms with Crippen molar-refractivity contribution in [2.24, 2.45) is 0 Å². The molecule has 2 aliphatic carbocycles. The number of rotatable bonds is 7. The molecule has 9 rings (SSSR count). The lowest BCUT2D eigenvalue weighted by molar-refractivity contribution is 0.0971. The van der Waals surface area contributed by atoms with Gasteiger partial charge in [-0.3, -0.25) is 19.4 Å². The molecule has 0 bridgehead atoms. The number of Topliss-reactive ketones (excluding diaryl/α,β-unsaturated/α-hetero) is 2. The van der Waals surface area contributed by atoms with Gasteiger partial charge in [-0.25, -0.2) is 29.9 Å². The van der Waals surface area contributed by atoms with Crippen LogP contribution in [-0.2, 0) is 32.2 Å². The lowest BCUT2D eigenvalue weighted by Gasteiger charge is -2.04. The number of ketones is 2. The second-order valence-electron chi connectivity index (χ2n) is 12.8. The van der Waals surface area contributed by atoms with Crippen LogP contribution in [0.15, 0.2) is 61.2 Å². The zero-order valence-corrected chi connectivity index (χ0v) is 30.9. The molecule has 0 radical (unpaired) electrons. The van der Waals surface area contributed by atoms with Crippen molar-refractivity contribution in [3.05, 3.63) is 121 Å². The number of methoxy groups -OCH3 is 1. The van der Waals surface area contributed by atoms with Gasteiger partial charge < -0.3 is 4.74 Å². The van der Waals surface area contributed by atoms with Crippen molar-refractivity contribution in [2.75, 3.05) is 7.11 Å². The van der Waals surface area contributed by atoms with E-state index in [1.54, 1.807) is 48.4 Å². The van der Waals surface area contributed by atoms with E-state index in [2.05, 4.69) is 35.2 Å². The highest BCUT2D eigenvalue weighted by Crippen LogP contribution is 2.36. The van der Waals surface area contributed by atoms with E-state index in [1.807, 2.05) is 61.1 Å². The van der Waals surface area contributed by atoms with Crippen LogP contribution in [0.3, 0.4) is 0 Å². The average Bonchev–Trinajstić information content (AvgIpc) is 3.94. The van der Waals surface area contributed by atoms with Crippen LogP contribution in [0.25, 0.3) is 22.5 Å². The first kappa shape index (κ1) is 34.3. The van der Waals surface area contributed by atoms with Gasteiger partial charge in [0.2, 0.25) is 0 Å². The zero-order chi connectivity index (χ0) is 36.5. The van der Waals surface area contributed by atoms with Crippen molar-refractivity contribution in [1.29, 1.82) is 0 Å². The Hall–Kier alpha value is -5.80. The number of ether oxygens (including phenoxy) is 1. The highest BCUT2D eigenvalue weighted by Gasteiger charge is 2.28. The summed E-state index contributed by atoms with van der Waals surface area (Å²) in [6, 6.07) is 11.6. The van der Waals surface area contributed by atoms with E-state index in [0.717, 1.165) is 83.1 Å². The number of nitrogens with one attached hydrogen (secondary N) is 1. The molecular formula is C38H34N10O3S2. The third-order valence-electron chi connectivity index (χ3n) is 8.91. The fraction of sp³-hybridized carbons (Fsp3) is 0.263. The Kier molecular flexibility index (Phi) is 9.50. The van der Waals surface area contributed by atoms with Gasteiger partial charge in [0.05, 0.1) is 55.2 Å². The highest BCUT2D eigenvalue weighted by atomic mass is 32.1. The number of carbonyl (C=O) groups excluding carboxylic acids is 2. The summed E-state index contributed by atoms with van der Waals surface area (Å²) in [5.41, 5.74) is 7.43. The number of H-pyrrole nitrogens is 1. The van der Waals surface area contributed by atoms with E-state index in [9.17, 15) is 9.59 Å². The molecule has 266 valence electrons. The highest BCUT2D eigenvalue weighted by molar-refractivity contribution is 7.12. The molecule has 53 heavy (non-hydrogen) atoms. The van der Waals surface area contributed by atoms with Gasteiger partial charge in [-0.1, -0.05) is 12.1 Å². The normalized spacial score (nSPS) is 13.2. The van der Waals surface area contributed by atoms with Crippen LogP contribution >= 0.6 is 22.7 Å². The van der Waals surface area contributed by atoms with Gasteiger partial charge in [-0.15, -0.1) is 22.7 Å². The van der Waals surface area contributed by atoms with E-state index in [0.29, 0.717) is 50.0 Å². The molecule has 6 heterocycles. The van der Waals surface area contributed by atoms with E-state index in [4.69, 9.17) is 14.7 Å². The Bertz CT molecular complexity index is 2460. The number of carbonyl (C=O) groups is 2. The smallest absolute Gasteiger partial charge is 0.184 e. The molecule has 2 aliphatic rings. The minimum Gasteiger partial charge on any atom is -0.497 e. The molecule has 1 aromatic carbocycles. The molecule has 0 fully saturated rings. The number of benzene rings is 1. The molecular weight excluding hydrogens is 709 g/mol. The molecule has 0 saturated heterocycles. The van der Waals surface area contributed by atoms with Gasteiger partial charge in [-0.05, 0) is 56.5 Å². The second kappa shape index (κ2) is 14.7. The Morgan fingerprint density at radius 2 is 1.34 bits per heavy atom. The molecule has 0 aliphatic heterocycles. The third-order valence-corrected chi connectivity index (χ3v) is 11.1. The number of hydrogen-bond donors (Lipinski definition) is 1. The first-order valence-electron chi connectivity index (χ1n) is 17.1. The maximum atomic E-state index is 12.7. The van der Waals surface area contributed by atoms with Crippen LogP contribution in [0.2, 0.25) is 0 Å². The lowest BCUT2D eigenvalue weighted by Crippen LogP contribution is -2.05. The molecule has 0 amide bonds. The van der Waals surface area contributed by atoms with Gasteiger partial charge in [0.1, 0.15) is 38.8 Å². The van der Waals surface area contributed by atoms with Crippen LogP contribution in [0.5, 0.6) is 5.75 Å². The summed E-state index contributed by atoms with van der Waals surface area (Å²) in [4.78, 5) is 54.1. The SMILES string of the molecule is COc1ccc(Cn2cc3c(n2)C(=O)CCc2sc(Cc4nccc(C)n4)nc2-3)cc1.Cc1ccnc(Cc2nc3c(s2)CCC(=O)c2[nH]ncc2-3)n1. The number of fused-ring (bicyclic) bond motifs is 6. The fourth-order valence-electron chi connectivity index (χ4n) is 6.33. The largest absolute Gasteiger partial charge is 0.497 e. The molecule has 1 N–H and O–H groups in total. The molecule has 0 spiro atoms. The molecule has 6 aromatic heterocycles. The van der Waals surface area contributed by atoms with Gasteiger partial charge >= 0.3 is 0 Å². The van der Waals surface area contributed by atoms with Crippen LogP contribution in [-0.4, -0.2) is 68.6 Å². The molecule has 7 aromatic rings. The summed E-state index contributed by atoms with van der Waals surface area (Å²) in [7, 11) is 1.65. The van der Waals surface area contributed by atoms with Crippen molar-refractivity contribution in [1.82, 2.24) is 49.9 Å². The topological polar surface area (TPSA) is 167 Å². The number of aromatic amines is 1. The minimum atomic E-state index is 0.0669. The van der Waals surface area contributed by atoms with Crippen molar-refractivity contribution in [3.63, 3.8) is 0 Å². The Labute approximate surface area is 312 Å². The number of aryl methyl sites for hydroxylation is 4. The van der Waals surface area contributed by atoms with E-state index < -0.39 is 0 Å². The molecule has 13 nitrogen and oxygen atoms in total. The lowest BCUT2D eigenvalue weighted by atomic mass is 10.1. The number of nitrogens with zero attached hydrogens (tertiary/aromatic N) is 9. The van der Waals surface area contributed by atoms with Crippen molar-refractivity contribution >= 4 is 34.2 Å². The van der Waals surface area contributed by atoms with E-state index >= 15 is 0 Å². The number of aromatic nitrogens is 10. The number of hydrogen-bond acceptors (Lipinski definition) is 13. The minimum absolute atomic E-state index is 0.0669. The first-order valence-corrected chi connectivity index (χ1v) is 18.8. The van der Waals surface area contributed by atoms with Crippen LogP contribution in [0.4, 0.5) is 0 Å². The van der Waals surface area contributed by atoms with Gasteiger partial charge in [0, 0.05) is 52.6 Å². The third kappa shape index (κ3) is 7.43. The summed E-state index contributed by atoms with van der Waals surface area (Å²) < 4.78 is 7.04. The summed E-state index contributed by atoms with van der Waals surface area (Å²) in [5.74, 6) is 2.51. The molecule has 15 heteroatoms. The van der Waals surface area contributed by atoms with Gasteiger partial charge in [0.25, 0.3) is 0 Å². The van der Waals surface area contributed by atoms with Crippen molar-refractivity contribution in [3.8, 4) is 28.3 Å². The van der Waals surface area contributed by atoms with E-state index in [-0.39, 0.29) is 11.6 Å². The number of thiazole rings is 2. The van der Waals surface area contributed by atoms with Crippen molar-refractivity contribution < 1.29 is 14.3 Å². The van der Waals surface area contributed by atoms with Crippen LogP contribution < -0.4 is 4.74 Å². The Morgan fingerprint density at radius 3 is 1.94 bits per heavy atom. The quantitative estimate of drug-likeness (QED) is 0.197. The Balaban J connectivity index is 0.000000160. The van der Waals surface area contributed by atoms with Gasteiger partial charge in [0.15, 0.2) is 11.6 Å². The monoisotopic (exact) mass is 742 g/mol. The molecule has 0 saturated carbocycles. The van der Waals surface area contributed by atoms with Gasteiger partial charge in [-0.2, -0.15) is 10.2 Å². The van der Waals surface area contributed by atoms with Crippen LogP contribution in [0.1, 0.15) is 82.2 Å². The molecule has 0 atom stereocenters. The summed E-state index contributed by atoms with van der Waals surface area (Å²) in [6.45, 7) is 4.48. The zero-order valence-electron chi connectivity index (χ0n) is 29.3. The average molecular weight is 743 g/mol. The summed E-state index contributed by atoms with van der Waals surface area (Å²) in [5, 5.41) is 13.3. The predicted octanol–water partition coefficient (Wildman–Crippen LogP) is 6.23. The second-order valence-corrected chi connectivity index (χ2v) is 15.1. The maximum absolute atomic E-state index is 12.7. The first-order chi connectivity index (χ1) is 25.8. The fourth-order valence-corrected chi connectivity index (χ4v) is 8.49. The maximum Gasteiger partial charge on any atom is 0.184 e. The van der Waals surface area contributed by atoms with E-state index in [1.165, 1.54) is 0 Å². The van der Waals surface area contributed by atoms with Crippen LogP contribution in [0, 0.1) is 13.8 Å². The standard InChI is InChI=1S/C23H21N5O2S.C15H13N5OS/c1-14-9-10-24-20(25-14)11-21-26-23-17-13-28(12-15-3-5-16(30-2)6-4-15)27-22(17)18(29)7-8-19(23)31-21;1-8-4-5-16-12(18-8)6-13-19-15-9-7-17-20-14(9)10(21)2-3-11(15)22-13/h3-6,9-10,13H,7-8,11-12H2,1-2H3;4-5,7H,2-3,6H2,1H3,(H,17,20). The molecule has 0 unspecified atom stereocenters. The Morgan fingerprint density at radius 1 is 0.736 bits per heavy atom. The summed E-state index contributed by atoms with van der Waals surface area (Å²) in [6.07, 6.45) is 10.7. The van der Waals surface area contributed by atoms with Crippen molar-refractivity contribution in [2.45, 2.75) is 58.9 Å². The summed E-state index contributed by atoms with van der Waals surface area (Å²) >= 11 is 3.27.